The van der Waals surface area contributed by atoms with E-state index >= 15 is 0 Å². The summed E-state index contributed by atoms with van der Waals surface area (Å²) in [5, 5.41) is 78.7. The van der Waals surface area contributed by atoms with Gasteiger partial charge in [-0.05, 0) is 51.4 Å². The zero-order valence-electron chi connectivity index (χ0n) is 50.9. The highest BCUT2D eigenvalue weighted by molar-refractivity contribution is 7.47. The Balaban J connectivity index is 1.82. The predicted molar refractivity (Wildman–Crippen MR) is 305 cm³/mol. The average molecular weight is 1300 g/mol. The Bertz CT molecular complexity index is 2030. The van der Waals surface area contributed by atoms with Gasteiger partial charge in [0.1, 0.15) is 74.0 Å². The summed E-state index contributed by atoms with van der Waals surface area (Å²) in [5.41, 5.74) is 0. The number of hydrogen-bond donors (Lipinski definition) is 14. The van der Waals surface area contributed by atoms with Crippen molar-refractivity contribution in [3.8, 4) is 0 Å². The van der Waals surface area contributed by atoms with E-state index in [0.717, 1.165) is 7.11 Å². The van der Waals surface area contributed by atoms with E-state index in [9.17, 15) is 73.7 Å². The van der Waals surface area contributed by atoms with Gasteiger partial charge in [0.05, 0.1) is 99.1 Å². The Morgan fingerprint density at radius 2 is 0.875 bits per heavy atom. The number of phosphoric ester groups is 1. The number of hydrogen-bond acceptors (Lipinski definition) is 26. The number of unbranched alkanes of at least 4 members (excludes halogenated alkanes) is 5. The second kappa shape index (κ2) is 47.6. The van der Waals surface area contributed by atoms with Gasteiger partial charge in [0.25, 0.3) is 0 Å². The fraction of sp³-hybridized carbons (Fsp3) is 0.868. The van der Waals surface area contributed by atoms with Crippen molar-refractivity contribution in [3.63, 3.8) is 0 Å². The second-order valence-electron chi connectivity index (χ2n) is 20.4. The van der Waals surface area contributed by atoms with Gasteiger partial charge in [-0.1, -0.05) is 12.8 Å². The number of aliphatic hydroxyl groups excluding tert-OH is 6. The Hall–Kier alpha value is -4.24. The minimum absolute atomic E-state index is 0.00237. The summed E-state index contributed by atoms with van der Waals surface area (Å²) >= 11 is 0. The molecule has 14 N–H and O–H groups in total. The lowest BCUT2D eigenvalue weighted by Crippen LogP contribution is -2.64. The molecule has 2 fully saturated rings. The number of rotatable bonds is 51. The smallest absolute Gasteiger partial charge is 0.394 e. The number of aliphatic hydroxyl groups is 6. The average Bonchev–Trinajstić information content (AvgIpc) is 2.93. The Morgan fingerprint density at radius 3 is 1.33 bits per heavy atom. The van der Waals surface area contributed by atoms with Crippen molar-refractivity contribution < 1.29 is 130 Å². The third-order valence-electron chi connectivity index (χ3n) is 13.2. The highest BCUT2D eigenvalue weighted by atomic mass is 31.2. The normalized spacial score (nSPS) is 23.2. The molecule has 11 unspecified atom stereocenters. The van der Waals surface area contributed by atoms with Crippen molar-refractivity contribution in [3.05, 3.63) is 0 Å². The number of nitrogens with one attached hydrogen (secondary N) is 7. The molecule has 0 aromatic carbocycles. The zero-order valence-corrected chi connectivity index (χ0v) is 51.8. The molecule has 2 aliphatic rings. The van der Waals surface area contributed by atoms with Gasteiger partial charge < -0.3 is 120 Å². The van der Waals surface area contributed by atoms with Gasteiger partial charge in [0, 0.05) is 47.5 Å². The molecule has 0 radical (unpaired) electrons. The van der Waals surface area contributed by atoms with Crippen LogP contribution in [0.15, 0.2) is 0 Å². The van der Waals surface area contributed by atoms with Crippen LogP contribution in [0.4, 0.5) is 0 Å². The van der Waals surface area contributed by atoms with Gasteiger partial charge in [0.15, 0.2) is 12.6 Å². The number of amides is 7. The van der Waals surface area contributed by atoms with Crippen LogP contribution in [0.3, 0.4) is 0 Å². The first kappa shape index (κ1) is 79.9. The number of carbonyl (C=O) groups excluding carboxylic acids is 7. The molecule has 88 heavy (non-hydrogen) atoms. The molecule has 2 rings (SSSR count). The predicted octanol–water partition coefficient (Wildman–Crippen LogP) is -4.99. The van der Waals surface area contributed by atoms with E-state index in [4.69, 9.17) is 51.9 Å². The maximum absolute atomic E-state index is 13.9. The molecule has 35 heteroatoms. The molecule has 2 heterocycles. The molecule has 0 spiro atoms. The summed E-state index contributed by atoms with van der Waals surface area (Å²) in [6.45, 7) is 3.89. The van der Waals surface area contributed by atoms with E-state index in [1.807, 2.05) is 0 Å². The lowest BCUT2D eigenvalue weighted by atomic mass is 9.97. The summed E-state index contributed by atoms with van der Waals surface area (Å²) < 4.78 is 75.8. The van der Waals surface area contributed by atoms with Crippen LogP contribution in [-0.4, -0.2) is 289 Å². The van der Waals surface area contributed by atoms with Crippen LogP contribution in [-0.2, 0) is 94.5 Å². The van der Waals surface area contributed by atoms with Crippen LogP contribution in [0.2, 0.25) is 0 Å². The maximum atomic E-state index is 13.9. The van der Waals surface area contributed by atoms with Crippen LogP contribution >= 0.6 is 7.82 Å². The van der Waals surface area contributed by atoms with Gasteiger partial charge in [-0.3, -0.25) is 42.6 Å². The van der Waals surface area contributed by atoms with Crippen molar-refractivity contribution in [1.29, 1.82) is 0 Å². The second-order valence-corrected chi connectivity index (χ2v) is 21.9. The Kier molecular flexibility index (Phi) is 43.2. The van der Waals surface area contributed by atoms with Crippen molar-refractivity contribution in [1.82, 2.24) is 37.2 Å². The topological polar surface area (TPSA) is 473 Å². The molecule has 2 saturated heterocycles. The molecule has 13 atom stereocenters. The summed E-state index contributed by atoms with van der Waals surface area (Å²) in [5.74, 6) is -3.34. The van der Waals surface area contributed by atoms with Crippen molar-refractivity contribution in [2.45, 2.75) is 158 Å². The van der Waals surface area contributed by atoms with E-state index in [-0.39, 0.29) is 124 Å². The number of ether oxygens (including phenoxy) is 10. The molecule has 2 aliphatic heterocycles. The summed E-state index contributed by atoms with van der Waals surface area (Å²) in [6, 6.07) is -4.31. The molecular formula is C53H98N7O27P. The first-order chi connectivity index (χ1) is 42.1. The molecule has 512 valence electrons. The minimum atomic E-state index is -4.09. The molecule has 0 aliphatic carbocycles. The van der Waals surface area contributed by atoms with Crippen molar-refractivity contribution >= 4 is 49.2 Å². The minimum Gasteiger partial charge on any atom is -0.394 e. The van der Waals surface area contributed by atoms with Crippen LogP contribution in [0.1, 0.15) is 85.0 Å². The lowest BCUT2D eigenvalue weighted by molar-refractivity contribution is -0.272. The SMILES string of the molecule is COP(=O)(O)OCCCCCCNC(=O)[C@H](CCCCNC(=O)COCCOCCOCCOC1OC(CO)C(O)C(O)C1NC(C)=O)NC(=O)[C@H](CCCCNC(C)=O)NC(=O)COCCOCCOCCOC1OC(CO)C(O)C(O)C1NC(C)=O. The van der Waals surface area contributed by atoms with Crippen LogP contribution in [0.25, 0.3) is 0 Å². The molecule has 0 saturated carbocycles. The van der Waals surface area contributed by atoms with Crippen molar-refractivity contribution in [2.75, 3.05) is 139 Å². The van der Waals surface area contributed by atoms with Gasteiger partial charge in [0.2, 0.25) is 41.4 Å². The third-order valence-corrected chi connectivity index (χ3v) is 14.1. The van der Waals surface area contributed by atoms with Gasteiger partial charge in [-0.25, -0.2) is 4.57 Å². The van der Waals surface area contributed by atoms with Gasteiger partial charge in [-0.15, -0.1) is 0 Å². The highest BCUT2D eigenvalue weighted by Gasteiger charge is 2.46. The summed E-state index contributed by atoms with van der Waals surface area (Å²) in [4.78, 5) is 97.3. The van der Waals surface area contributed by atoms with Crippen LogP contribution in [0.5, 0.6) is 0 Å². The van der Waals surface area contributed by atoms with Crippen molar-refractivity contribution in [2.24, 2.45) is 0 Å². The molecule has 0 aromatic heterocycles. The fourth-order valence-electron chi connectivity index (χ4n) is 8.57. The van der Waals surface area contributed by atoms with E-state index < -0.39 is 136 Å². The number of carbonyl (C=O) groups is 7. The lowest BCUT2D eigenvalue weighted by Gasteiger charge is -2.42. The number of phosphoric acid groups is 1. The molecule has 0 aromatic rings. The zero-order chi connectivity index (χ0) is 65.1. The van der Waals surface area contributed by atoms with E-state index in [2.05, 4.69) is 41.7 Å². The largest absolute Gasteiger partial charge is 0.471 e. The van der Waals surface area contributed by atoms with E-state index in [1.165, 1.54) is 20.8 Å². The monoisotopic (exact) mass is 1300 g/mol. The molecule has 0 bridgehead atoms. The van der Waals surface area contributed by atoms with E-state index in [1.54, 1.807) is 0 Å². The van der Waals surface area contributed by atoms with Gasteiger partial charge >= 0.3 is 7.82 Å². The van der Waals surface area contributed by atoms with Crippen LogP contribution < -0.4 is 37.2 Å². The summed E-state index contributed by atoms with van der Waals surface area (Å²) in [6.07, 6.45) is -6.04. The summed E-state index contributed by atoms with van der Waals surface area (Å²) in [7, 11) is -3.03. The molecule has 7 amide bonds. The van der Waals surface area contributed by atoms with Gasteiger partial charge in [-0.2, -0.15) is 0 Å². The third kappa shape index (κ3) is 35.4. The Morgan fingerprint density at radius 1 is 0.466 bits per heavy atom. The first-order valence-electron chi connectivity index (χ1n) is 29.5. The first-order valence-corrected chi connectivity index (χ1v) is 31.0. The standard InChI is InChI=1S/C53H98N7O27P/c1-35(63)54-15-10-7-14-39(59-43(67)34-82-26-24-78-20-22-80-28-30-84-53-45(58-37(3)65)49(71)47(69)41(32-62)87-53)51(73)60-38(50(72)56-17-9-5-6-12-18-85-88(74,75)76-4)13-8-11-16-55-42(66)33-81-25-23-77-19-21-79-27-29-83-52-44(57-36(2)64)48(70)46(68)40(31-61)86-52/h38-41,44-49,52-53,61-62,68-71H,5-34H2,1-4H3,(H,54,63)(H,55,66)(H,56,72)(H,57,64)(H,58,65)(H,59,67)(H,60,73)(H,74,75)/t38-,39-,40?,41?,44?,45?,46?,47?,48?,49?,52?,53?/m0/s1. The fourth-order valence-corrected chi connectivity index (χ4v) is 9.03. The quantitative estimate of drug-likeness (QED) is 0.0200. The molecular weight excluding hydrogens is 1200 g/mol. The van der Waals surface area contributed by atoms with E-state index in [0.29, 0.717) is 57.9 Å². The Labute approximate surface area is 512 Å². The highest BCUT2D eigenvalue weighted by Crippen LogP contribution is 2.42. The maximum Gasteiger partial charge on any atom is 0.471 e. The molecule has 34 nitrogen and oxygen atoms in total. The van der Waals surface area contributed by atoms with Crippen LogP contribution in [0, 0.1) is 0 Å².